The lowest BCUT2D eigenvalue weighted by molar-refractivity contribution is -0.104. The van der Waals surface area contributed by atoms with E-state index in [4.69, 9.17) is 0 Å². The Balaban J connectivity index is 2.87. The molecule has 0 unspecified atom stereocenters. The van der Waals surface area contributed by atoms with Gasteiger partial charge in [0.2, 0.25) is 0 Å². The molecular weight excluding hydrogens is 138 g/mol. The van der Waals surface area contributed by atoms with Crippen molar-refractivity contribution in [3.05, 3.63) is 35.7 Å². The first kappa shape index (κ1) is 7.66. The predicted molar refractivity (Wildman–Crippen MR) is 44.0 cm³/mol. The molecule has 0 bridgehead atoms. The van der Waals surface area contributed by atoms with E-state index < -0.39 is 0 Å². The van der Waals surface area contributed by atoms with Crippen LogP contribution in [-0.2, 0) is 4.79 Å². The van der Waals surface area contributed by atoms with E-state index in [0.29, 0.717) is 0 Å². The number of allylic oxidation sites excluding steroid dienone is 1. The van der Waals surface area contributed by atoms with Crippen molar-refractivity contribution >= 4 is 12.4 Å². The summed E-state index contributed by atoms with van der Waals surface area (Å²) in [7, 11) is 0. The lowest BCUT2D eigenvalue weighted by Gasteiger charge is -1.90. The molecule has 0 amide bonds. The molecular formula is C9H9NO. The third-order valence-corrected chi connectivity index (χ3v) is 1.29. The van der Waals surface area contributed by atoms with Crippen LogP contribution >= 0.6 is 0 Å². The van der Waals surface area contributed by atoms with Crippen LogP contribution in [0.2, 0.25) is 0 Å². The first-order valence-electron chi connectivity index (χ1n) is 3.36. The normalized spacial score (nSPS) is 11.2. The Morgan fingerprint density at radius 2 is 2.09 bits per heavy atom. The largest absolute Gasteiger partial charge is 0.298 e. The first-order valence-corrected chi connectivity index (χ1v) is 3.36. The summed E-state index contributed by atoms with van der Waals surface area (Å²) in [6.45, 7) is 1.77. The van der Waals surface area contributed by atoms with E-state index in [1.165, 1.54) is 0 Å². The van der Waals surface area contributed by atoms with Crippen LogP contribution in [0.25, 0.3) is 6.08 Å². The number of pyridine rings is 1. The van der Waals surface area contributed by atoms with Gasteiger partial charge in [-0.2, -0.15) is 0 Å². The number of aldehydes is 1. The van der Waals surface area contributed by atoms with Crippen molar-refractivity contribution < 1.29 is 4.79 Å². The summed E-state index contributed by atoms with van der Waals surface area (Å²) in [5.74, 6) is 0. The topological polar surface area (TPSA) is 30.0 Å². The molecule has 0 radical (unpaired) electrons. The highest BCUT2D eigenvalue weighted by molar-refractivity contribution is 5.80. The number of hydrogen-bond donors (Lipinski definition) is 0. The van der Waals surface area contributed by atoms with Crippen LogP contribution < -0.4 is 0 Å². The van der Waals surface area contributed by atoms with Crippen molar-refractivity contribution in [2.45, 2.75) is 6.92 Å². The first-order chi connectivity index (χ1) is 5.33. The molecule has 1 aromatic heterocycles. The van der Waals surface area contributed by atoms with E-state index in [1.54, 1.807) is 19.3 Å². The molecule has 0 spiro atoms. The van der Waals surface area contributed by atoms with Gasteiger partial charge in [0, 0.05) is 12.4 Å². The second-order valence-electron chi connectivity index (χ2n) is 2.29. The van der Waals surface area contributed by atoms with E-state index in [0.717, 1.165) is 17.4 Å². The van der Waals surface area contributed by atoms with Crippen LogP contribution in [0.5, 0.6) is 0 Å². The minimum Gasteiger partial charge on any atom is -0.298 e. The van der Waals surface area contributed by atoms with E-state index in [-0.39, 0.29) is 0 Å². The zero-order chi connectivity index (χ0) is 8.10. The minimum atomic E-state index is 0.719. The highest BCUT2D eigenvalue weighted by atomic mass is 16.1. The number of carbonyl (C=O) groups excluding carboxylic acids is 1. The molecule has 0 aliphatic heterocycles. The van der Waals surface area contributed by atoms with Crippen molar-refractivity contribution in [3.8, 4) is 0 Å². The van der Waals surface area contributed by atoms with E-state index >= 15 is 0 Å². The zero-order valence-electron chi connectivity index (χ0n) is 6.32. The number of aromatic nitrogens is 1. The summed E-state index contributed by atoms with van der Waals surface area (Å²) < 4.78 is 0. The van der Waals surface area contributed by atoms with Gasteiger partial charge in [-0.15, -0.1) is 0 Å². The Bertz CT molecular complexity index is 264. The number of nitrogens with zero attached hydrogens (tertiary/aromatic N) is 1. The molecule has 0 aromatic carbocycles. The Morgan fingerprint density at radius 3 is 2.64 bits per heavy atom. The fourth-order valence-electron chi connectivity index (χ4n) is 0.757. The summed E-state index contributed by atoms with van der Waals surface area (Å²) in [5.41, 5.74) is 1.72. The maximum atomic E-state index is 10.2. The molecule has 0 saturated carbocycles. The molecule has 0 aliphatic carbocycles. The van der Waals surface area contributed by atoms with E-state index in [9.17, 15) is 4.79 Å². The molecule has 0 atom stereocenters. The number of hydrogen-bond acceptors (Lipinski definition) is 2. The highest BCUT2D eigenvalue weighted by Gasteiger charge is 1.86. The molecule has 0 aliphatic rings. The Morgan fingerprint density at radius 1 is 1.45 bits per heavy atom. The van der Waals surface area contributed by atoms with Gasteiger partial charge in [-0.05, 0) is 36.3 Å². The second kappa shape index (κ2) is 3.66. The fraction of sp³-hybridized carbons (Fsp3) is 0.111. The monoisotopic (exact) mass is 147 g/mol. The SMILES string of the molecule is C/C(C=O)=C/c1ccncc1. The van der Waals surface area contributed by atoms with Gasteiger partial charge in [0.05, 0.1) is 0 Å². The smallest absolute Gasteiger partial charge is 0.145 e. The summed E-state index contributed by atoms with van der Waals surface area (Å²) in [5, 5.41) is 0. The van der Waals surface area contributed by atoms with Crippen LogP contribution in [0.4, 0.5) is 0 Å². The van der Waals surface area contributed by atoms with Crippen molar-refractivity contribution in [2.75, 3.05) is 0 Å². The fourth-order valence-corrected chi connectivity index (χ4v) is 0.757. The van der Waals surface area contributed by atoms with Gasteiger partial charge < -0.3 is 0 Å². The third-order valence-electron chi connectivity index (χ3n) is 1.29. The quantitative estimate of drug-likeness (QED) is 0.470. The van der Waals surface area contributed by atoms with Gasteiger partial charge in [0.1, 0.15) is 6.29 Å². The standard InChI is InChI=1S/C9H9NO/c1-8(7-11)6-9-2-4-10-5-3-9/h2-7H,1H3/b8-6-. The maximum absolute atomic E-state index is 10.2. The lowest BCUT2D eigenvalue weighted by atomic mass is 10.2. The van der Waals surface area contributed by atoms with Gasteiger partial charge in [-0.1, -0.05) is 0 Å². The summed E-state index contributed by atoms with van der Waals surface area (Å²) in [6, 6.07) is 3.71. The Hall–Kier alpha value is -1.44. The molecule has 0 N–H and O–H groups in total. The van der Waals surface area contributed by atoms with E-state index in [1.807, 2.05) is 18.2 Å². The van der Waals surface area contributed by atoms with Crippen molar-refractivity contribution in [1.29, 1.82) is 0 Å². The van der Waals surface area contributed by atoms with Crippen LogP contribution in [0.3, 0.4) is 0 Å². The summed E-state index contributed by atoms with van der Waals surface area (Å²) in [4.78, 5) is 14.1. The van der Waals surface area contributed by atoms with Gasteiger partial charge in [-0.3, -0.25) is 9.78 Å². The molecule has 2 nitrogen and oxygen atoms in total. The molecule has 1 heterocycles. The van der Waals surface area contributed by atoms with Crippen LogP contribution in [0.1, 0.15) is 12.5 Å². The molecule has 1 rings (SSSR count). The zero-order valence-corrected chi connectivity index (χ0v) is 6.32. The molecule has 11 heavy (non-hydrogen) atoms. The number of carbonyl (C=O) groups is 1. The maximum Gasteiger partial charge on any atom is 0.145 e. The highest BCUT2D eigenvalue weighted by Crippen LogP contribution is 2.02. The van der Waals surface area contributed by atoms with Gasteiger partial charge >= 0.3 is 0 Å². The van der Waals surface area contributed by atoms with Crippen LogP contribution in [-0.4, -0.2) is 11.3 Å². The molecule has 0 saturated heterocycles. The predicted octanol–water partition coefficient (Wildman–Crippen LogP) is 1.68. The lowest BCUT2D eigenvalue weighted by Crippen LogP contribution is -1.77. The van der Waals surface area contributed by atoms with Crippen molar-refractivity contribution in [2.24, 2.45) is 0 Å². The second-order valence-corrected chi connectivity index (χ2v) is 2.29. The Kier molecular flexibility index (Phi) is 2.55. The summed E-state index contributed by atoms with van der Waals surface area (Å²) >= 11 is 0. The van der Waals surface area contributed by atoms with Gasteiger partial charge in [0.25, 0.3) is 0 Å². The average Bonchev–Trinajstić information content (AvgIpc) is 2.06. The minimum absolute atomic E-state index is 0.719. The molecule has 0 fully saturated rings. The van der Waals surface area contributed by atoms with Crippen molar-refractivity contribution in [3.63, 3.8) is 0 Å². The third kappa shape index (κ3) is 2.34. The molecule has 1 aromatic rings. The summed E-state index contributed by atoms with van der Waals surface area (Å²) in [6.07, 6.45) is 6.04. The molecule has 2 heteroatoms. The van der Waals surface area contributed by atoms with Crippen molar-refractivity contribution in [1.82, 2.24) is 4.98 Å². The van der Waals surface area contributed by atoms with Gasteiger partial charge in [0.15, 0.2) is 0 Å². The van der Waals surface area contributed by atoms with Crippen LogP contribution in [0.15, 0.2) is 30.1 Å². The Labute approximate surface area is 65.6 Å². The molecule has 56 valence electrons. The average molecular weight is 147 g/mol. The number of rotatable bonds is 2. The van der Waals surface area contributed by atoms with E-state index in [2.05, 4.69) is 4.98 Å². The van der Waals surface area contributed by atoms with Crippen LogP contribution in [0, 0.1) is 0 Å². The van der Waals surface area contributed by atoms with Gasteiger partial charge in [-0.25, -0.2) is 0 Å².